The number of nitrogen functional groups attached to an aromatic ring is 1. The SMILES string of the molecule is CC(C)n1cnc(-c2ccccc2Br)c1N. The fourth-order valence-electron chi connectivity index (χ4n) is 1.64. The first kappa shape index (κ1) is 11.2. The molecule has 0 saturated carbocycles. The fourth-order valence-corrected chi connectivity index (χ4v) is 2.12. The van der Waals surface area contributed by atoms with Crippen molar-refractivity contribution < 1.29 is 0 Å². The van der Waals surface area contributed by atoms with E-state index < -0.39 is 0 Å². The van der Waals surface area contributed by atoms with Crippen molar-refractivity contribution in [1.82, 2.24) is 9.55 Å². The molecule has 0 fully saturated rings. The van der Waals surface area contributed by atoms with Crippen molar-refractivity contribution in [3.63, 3.8) is 0 Å². The largest absolute Gasteiger partial charge is 0.383 e. The van der Waals surface area contributed by atoms with Gasteiger partial charge in [0.05, 0.1) is 6.33 Å². The van der Waals surface area contributed by atoms with Crippen LogP contribution in [-0.2, 0) is 0 Å². The maximum absolute atomic E-state index is 6.08. The molecular weight excluding hydrogens is 266 g/mol. The number of aromatic nitrogens is 2. The van der Waals surface area contributed by atoms with Gasteiger partial charge in [-0.1, -0.05) is 34.1 Å². The highest BCUT2D eigenvalue weighted by Crippen LogP contribution is 2.31. The molecule has 2 N–H and O–H groups in total. The Balaban J connectivity index is 2.54. The minimum atomic E-state index is 0.323. The van der Waals surface area contributed by atoms with E-state index in [1.807, 2.05) is 28.8 Å². The molecule has 0 bridgehead atoms. The molecule has 1 aromatic heterocycles. The lowest BCUT2D eigenvalue weighted by atomic mass is 10.1. The van der Waals surface area contributed by atoms with E-state index in [0.29, 0.717) is 11.9 Å². The van der Waals surface area contributed by atoms with Gasteiger partial charge in [0.25, 0.3) is 0 Å². The van der Waals surface area contributed by atoms with Crippen LogP contribution < -0.4 is 5.73 Å². The molecule has 1 heterocycles. The van der Waals surface area contributed by atoms with Crippen LogP contribution in [0.3, 0.4) is 0 Å². The molecule has 0 aliphatic rings. The summed E-state index contributed by atoms with van der Waals surface area (Å²) in [6, 6.07) is 8.28. The normalized spacial score (nSPS) is 11.0. The van der Waals surface area contributed by atoms with Gasteiger partial charge < -0.3 is 10.3 Å². The lowest BCUT2D eigenvalue weighted by Crippen LogP contribution is -2.04. The van der Waals surface area contributed by atoms with Crippen LogP contribution in [-0.4, -0.2) is 9.55 Å². The Morgan fingerprint density at radius 2 is 2.00 bits per heavy atom. The summed E-state index contributed by atoms with van der Waals surface area (Å²) in [5.41, 5.74) is 7.95. The summed E-state index contributed by atoms with van der Waals surface area (Å²) >= 11 is 3.51. The van der Waals surface area contributed by atoms with Gasteiger partial charge in [-0.15, -0.1) is 0 Å². The first-order chi connectivity index (χ1) is 7.61. The zero-order valence-electron chi connectivity index (χ0n) is 9.31. The summed E-state index contributed by atoms with van der Waals surface area (Å²) in [6.07, 6.45) is 1.79. The molecular formula is C12H14BrN3. The summed E-state index contributed by atoms with van der Waals surface area (Å²) in [6.45, 7) is 4.17. The number of benzene rings is 1. The molecule has 16 heavy (non-hydrogen) atoms. The second-order valence-corrected chi connectivity index (χ2v) is 4.81. The number of hydrogen-bond donors (Lipinski definition) is 1. The molecule has 3 nitrogen and oxygen atoms in total. The summed E-state index contributed by atoms with van der Waals surface area (Å²) in [7, 11) is 0. The van der Waals surface area contributed by atoms with E-state index in [-0.39, 0.29) is 0 Å². The van der Waals surface area contributed by atoms with E-state index in [1.165, 1.54) is 0 Å². The Labute approximate surface area is 103 Å². The van der Waals surface area contributed by atoms with Crippen molar-refractivity contribution in [2.45, 2.75) is 19.9 Å². The van der Waals surface area contributed by atoms with E-state index in [2.05, 4.69) is 34.8 Å². The monoisotopic (exact) mass is 279 g/mol. The minimum absolute atomic E-state index is 0.323. The predicted molar refractivity (Wildman–Crippen MR) is 70.2 cm³/mol. The van der Waals surface area contributed by atoms with Crippen LogP contribution in [0.1, 0.15) is 19.9 Å². The summed E-state index contributed by atoms with van der Waals surface area (Å²) < 4.78 is 2.98. The van der Waals surface area contributed by atoms with E-state index in [4.69, 9.17) is 5.73 Å². The standard InChI is InChI=1S/C12H14BrN3/c1-8(2)16-7-15-11(12(16)14)9-5-3-4-6-10(9)13/h3-8H,14H2,1-2H3. The topological polar surface area (TPSA) is 43.8 Å². The number of rotatable bonds is 2. The van der Waals surface area contributed by atoms with E-state index in [0.717, 1.165) is 15.7 Å². The van der Waals surface area contributed by atoms with Crippen molar-refractivity contribution in [3.8, 4) is 11.3 Å². The molecule has 0 saturated heterocycles. The minimum Gasteiger partial charge on any atom is -0.383 e. The van der Waals surface area contributed by atoms with Crippen molar-refractivity contribution in [3.05, 3.63) is 35.1 Å². The maximum Gasteiger partial charge on any atom is 0.131 e. The first-order valence-electron chi connectivity index (χ1n) is 5.18. The Bertz CT molecular complexity index is 503. The van der Waals surface area contributed by atoms with Crippen LogP contribution in [0.2, 0.25) is 0 Å². The smallest absolute Gasteiger partial charge is 0.131 e. The average Bonchev–Trinajstić information content (AvgIpc) is 2.61. The summed E-state index contributed by atoms with van der Waals surface area (Å²) in [5.74, 6) is 0.710. The van der Waals surface area contributed by atoms with Crippen LogP contribution in [0.15, 0.2) is 35.1 Å². The zero-order chi connectivity index (χ0) is 11.7. The van der Waals surface area contributed by atoms with Crippen molar-refractivity contribution >= 4 is 21.7 Å². The van der Waals surface area contributed by atoms with Gasteiger partial charge in [0, 0.05) is 16.1 Å². The van der Waals surface area contributed by atoms with Crippen LogP contribution >= 0.6 is 15.9 Å². The van der Waals surface area contributed by atoms with Crippen LogP contribution in [0.5, 0.6) is 0 Å². The molecule has 0 atom stereocenters. The lowest BCUT2D eigenvalue weighted by molar-refractivity contribution is 0.607. The highest BCUT2D eigenvalue weighted by atomic mass is 79.9. The van der Waals surface area contributed by atoms with Gasteiger partial charge in [0.15, 0.2) is 0 Å². The molecule has 0 aliphatic heterocycles. The molecule has 0 radical (unpaired) electrons. The first-order valence-corrected chi connectivity index (χ1v) is 5.97. The van der Waals surface area contributed by atoms with Crippen LogP contribution in [0, 0.1) is 0 Å². The molecule has 84 valence electrons. The van der Waals surface area contributed by atoms with Crippen LogP contribution in [0.4, 0.5) is 5.82 Å². The average molecular weight is 280 g/mol. The highest BCUT2D eigenvalue weighted by molar-refractivity contribution is 9.10. The Kier molecular flexibility index (Phi) is 3.01. The number of nitrogens with two attached hydrogens (primary N) is 1. The molecule has 2 aromatic rings. The third kappa shape index (κ3) is 1.85. The van der Waals surface area contributed by atoms with Crippen molar-refractivity contribution in [1.29, 1.82) is 0 Å². The lowest BCUT2D eigenvalue weighted by Gasteiger charge is -2.09. The number of hydrogen-bond acceptors (Lipinski definition) is 2. The van der Waals surface area contributed by atoms with E-state index in [1.54, 1.807) is 6.33 Å². The van der Waals surface area contributed by atoms with Gasteiger partial charge in [-0.25, -0.2) is 4.98 Å². The van der Waals surface area contributed by atoms with Crippen molar-refractivity contribution in [2.75, 3.05) is 5.73 Å². The number of anilines is 1. The number of halogens is 1. The van der Waals surface area contributed by atoms with Gasteiger partial charge in [-0.2, -0.15) is 0 Å². The third-order valence-corrected chi connectivity index (χ3v) is 3.21. The molecule has 0 spiro atoms. The van der Waals surface area contributed by atoms with E-state index >= 15 is 0 Å². The molecule has 1 aromatic carbocycles. The van der Waals surface area contributed by atoms with Gasteiger partial charge >= 0.3 is 0 Å². The Morgan fingerprint density at radius 3 is 2.56 bits per heavy atom. The van der Waals surface area contributed by atoms with Gasteiger partial charge in [-0.05, 0) is 19.9 Å². The van der Waals surface area contributed by atoms with Gasteiger partial charge in [0.2, 0.25) is 0 Å². The Hall–Kier alpha value is -1.29. The second-order valence-electron chi connectivity index (χ2n) is 3.96. The fraction of sp³-hybridized carbons (Fsp3) is 0.250. The summed E-state index contributed by atoms with van der Waals surface area (Å²) in [4.78, 5) is 4.38. The predicted octanol–water partition coefficient (Wildman–Crippen LogP) is 3.48. The number of imidazole rings is 1. The van der Waals surface area contributed by atoms with Crippen LogP contribution in [0.25, 0.3) is 11.3 Å². The van der Waals surface area contributed by atoms with Crippen molar-refractivity contribution in [2.24, 2.45) is 0 Å². The molecule has 0 amide bonds. The Morgan fingerprint density at radius 1 is 1.31 bits per heavy atom. The maximum atomic E-state index is 6.08. The number of nitrogens with zero attached hydrogens (tertiary/aromatic N) is 2. The quantitative estimate of drug-likeness (QED) is 0.915. The molecule has 2 rings (SSSR count). The molecule has 0 aliphatic carbocycles. The van der Waals surface area contributed by atoms with E-state index in [9.17, 15) is 0 Å². The molecule has 0 unspecified atom stereocenters. The van der Waals surface area contributed by atoms with Gasteiger partial charge in [0.1, 0.15) is 11.5 Å². The second kappa shape index (κ2) is 4.29. The highest BCUT2D eigenvalue weighted by Gasteiger charge is 2.13. The zero-order valence-corrected chi connectivity index (χ0v) is 10.9. The molecule has 4 heteroatoms. The third-order valence-electron chi connectivity index (χ3n) is 2.52. The van der Waals surface area contributed by atoms with Gasteiger partial charge in [-0.3, -0.25) is 0 Å². The summed E-state index contributed by atoms with van der Waals surface area (Å²) in [5, 5.41) is 0.